The predicted octanol–water partition coefficient (Wildman–Crippen LogP) is 1.15. The average molecular weight is 302 g/mol. The number of aliphatic hydroxyl groups excluding tert-OH is 2. The first-order valence-electron chi connectivity index (χ1n) is 7.53. The Morgan fingerprint density at radius 2 is 2.24 bits per heavy atom. The standard InChI is InChI=1S/C15H26O6/c1-2-19-14(18)11-13(17)10-12(16)6-5-9-21-15-7-3-4-8-20-15/h5-6,12-13,15-17H,2-4,7-11H2,1H3. The lowest BCUT2D eigenvalue weighted by molar-refractivity contribution is -0.155. The Labute approximate surface area is 125 Å². The number of aliphatic hydroxyl groups is 2. The maximum Gasteiger partial charge on any atom is 0.308 e. The molecule has 1 heterocycles. The zero-order chi connectivity index (χ0) is 15.5. The smallest absolute Gasteiger partial charge is 0.308 e. The molecule has 3 atom stereocenters. The highest BCUT2D eigenvalue weighted by Gasteiger charge is 2.15. The quantitative estimate of drug-likeness (QED) is 0.491. The van der Waals surface area contributed by atoms with Gasteiger partial charge in [0.15, 0.2) is 6.29 Å². The van der Waals surface area contributed by atoms with E-state index < -0.39 is 18.2 Å². The van der Waals surface area contributed by atoms with E-state index in [1.807, 2.05) is 0 Å². The molecule has 122 valence electrons. The van der Waals surface area contributed by atoms with Crippen molar-refractivity contribution in [2.24, 2.45) is 0 Å². The highest BCUT2D eigenvalue weighted by atomic mass is 16.7. The van der Waals surface area contributed by atoms with Crippen LogP contribution in [0.25, 0.3) is 0 Å². The number of hydrogen-bond donors (Lipinski definition) is 2. The Kier molecular flexibility index (Phi) is 9.25. The zero-order valence-electron chi connectivity index (χ0n) is 12.6. The van der Waals surface area contributed by atoms with Crippen LogP contribution in [-0.4, -0.2) is 54.5 Å². The monoisotopic (exact) mass is 302 g/mol. The summed E-state index contributed by atoms with van der Waals surface area (Å²) in [7, 11) is 0. The lowest BCUT2D eigenvalue weighted by Crippen LogP contribution is -2.22. The summed E-state index contributed by atoms with van der Waals surface area (Å²) < 4.78 is 15.6. The van der Waals surface area contributed by atoms with Gasteiger partial charge in [-0.15, -0.1) is 0 Å². The van der Waals surface area contributed by atoms with Crippen LogP contribution in [0.4, 0.5) is 0 Å². The molecule has 1 rings (SSSR count). The number of carbonyl (C=O) groups excluding carboxylic acids is 1. The molecule has 0 aromatic carbocycles. The first-order valence-corrected chi connectivity index (χ1v) is 7.53. The second kappa shape index (κ2) is 10.7. The van der Waals surface area contributed by atoms with E-state index in [1.165, 1.54) is 0 Å². The number of ether oxygens (including phenoxy) is 3. The van der Waals surface area contributed by atoms with Crippen molar-refractivity contribution in [1.29, 1.82) is 0 Å². The van der Waals surface area contributed by atoms with Crippen molar-refractivity contribution in [2.45, 2.75) is 57.5 Å². The van der Waals surface area contributed by atoms with Gasteiger partial charge in [0.1, 0.15) is 0 Å². The van der Waals surface area contributed by atoms with E-state index >= 15 is 0 Å². The molecule has 3 unspecified atom stereocenters. The van der Waals surface area contributed by atoms with Crippen LogP contribution in [0.3, 0.4) is 0 Å². The Morgan fingerprint density at radius 3 is 2.90 bits per heavy atom. The Morgan fingerprint density at radius 1 is 1.43 bits per heavy atom. The van der Waals surface area contributed by atoms with Gasteiger partial charge in [0, 0.05) is 13.0 Å². The number of carbonyl (C=O) groups is 1. The Bertz CT molecular complexity index is 311. The second-order valence-corrected chi connectivity index (χ2v) is 5.02. The Hall–Kier alpha value is -0.950. The van der Waals surface area contributed by atoms with E-state index in [1.54, 1.807) is 19.1 Å². The van der Waals surface area contributed by atoms with Gasteiger partial charge in [0.25, 0.3) is 0 Å². The summed E-state index contributed by atoms with van der Waals surface area (Å²) in [4.78, 5) is 11.2. The summed E-state index contributed by atoms with van der Waals surface area (Å²) in [5.41, 5.74) is 0. The maximum absolute atomic E-state index is 11.2. The summed E-state index contributed by atoms with van der Waals surface area (Å²) in [5, 5.41) is 19.3. The molecule has 0 aromatic rings. The third-order valence-electron chi connectivity index (χ3n) is 3.10. The van der Waals surface area contributed by atoms with Crippen LogP contribution in [-0.2, 0) is 19.0 Å². The fourth-order valence-electron chi connectivity index (χ4n) is 2.07. The summed E-state index contributed by atoms with van der Waals surface area (Å²) in [6, 6.07) is 0. The van der Waals surface area contributed by atoms with E-state index in [-0.39, 0.29) is 25.7 Å². The van der Waals surface area contributed by atoms with Crippen LogP contribution in [0, 0.1) is 0 Å². The van der Waals surface area contributed by atoms with Crippen LogP contribution in [0.2, 0.25) is 0 Å². The number of hydrogen-bond acceptors (Lipinski definition) is 6. The molecule has 0 aromatic heterocycles. The molecule has 6 nitrogen and oxygen atoms in total. The largest absolute Gasteiger partial charge is 0.466 e. The van der Waals surface area contributed by atoms with E-state index in [0.29, 0.717) is 6.61 Å². The second-order valence-electron chi connectivity index (χ2n) is 5.02. The molecular formula is C15H26O6. The highest BCUT2D eigenvalue weighted by molar-refractivity contribution is 5.69. The normalized spacial score (nSPS) is 22.1. The van der Waals surface area contributed by atoms with Gasteiger partial charge in [0.05, 0.1) is 31.8 Å². The molecular weight excluding hydrogens is 276 g/mol. The molecule has 1 saturated heterocycles. The van der Waals surface area contributed by atoms with Crippen LogP contribution >= 0.6 is 0 Å². The minimum Gasteiger partial charge on any atom is -0.466 e. The molecule has 1 fully saturated rings. The molecule has 0 bridgehead atoms. The molecule has 0 saturated carbocycles. The predicted molar refractivity (Wildman–Crippen MR) is 76.6 cm³/mol. The Balaban J connectivity index is 2.12. The van der Waals surface area contributed by atoms with Crippen LogP contribution in [0.5, 0.6) is 0 Å². The van der Waals surface area contributed by atoms with Gasteiger partial charge >= 0.3 is 5.97 Å². The number of rotatable bonds is 9. The third-order valence-corrected chi connectivity index (χ3v) is 3.10. The van der Waals surface area contributed by atoms with Gasteiger partial charge in [0.2, 0.25) is 0 Å². The van der Waals surface area contributed by atoms with Gasteiger partial charge in [-0.3, -0.25) is 4.79 Å². The molecule has 2 N–H and O–H groups in total. The van der Waals surface area contributed by atoms with Crippen molar-refractivity contribution in [1.82, 2.24) is 0 Å². The average Bonchev–Trinajstić information content (AvgIpc) is 2.44. The summed E-state index contributed by atoms with van der Waals surface area (Å²) in [5.74, 6) is -0.459. The van der Waals surface area contributed by atoms with Crippen LogP contribution in [0.1, 0.15) is 39.0 Å². The van der Waals surface area contributed by atoms with Gasteiger partial charge in [-0.25, -0.2) is 0 Å². The van der Waals surface area contributed by atoms with Crippen molar-refractivity contribution in [3.63, 3.8) is 0 Å². The maximum atomic E-state index is 11.2. The zero-order valence-corrected chi connectivity index (χ0v) is 12.6. The van der Waals surface area contributed by atoms with Crippen LogP contribution < -0.4 is 0 Å². The van der Waals surface area contributed by atoms with Crippen molar-refractivity contribution in [3.05, 3.63) is 12.2 Å². The topological polar surface area (TPSA) is 85.2 Å². The van der Waals surface area contributed by atoms with E-state index in [4.69, 9.17) is 14.2 Å². The lowest BCUT2D eigenvalue weighted by Gasteiger charge is -2.22. The highest BCUT2D eigenvalue weighted by Crippen LogP contribution is 2.13. The van der Waals surface area contributed by atoms with Crippen molar-refractivity contribution >= 4 is 5.97 Å². The van der Waals surface area contributed by atoms with E-state index in [9.17, 15) is 15.0 Å². The summed E-state index contributed by atoms with van der Waals surface area (Å²) in [6.45, 7) is 3.08. The van der Waals surface area contributed by atoms with Gasteiger partial charge < -0.3 is 24.4 Å². The molecule has 21 heavy (non-hydrogen) atoms. The van der Waals surface area contributed by atoms with Gasteiger partial charge in [-0.1, -0.05) is 12.2 Å². The number of esters is 1. The van der Waals surface area contributed by atoms with Crippen molar-refractivity contribution in [3.8, 4) is 0 Å². The van der Waals surface area contributed by atoms with E-state index in [2.05, 4.69) is 0 Å². The van der Waals surface area contributed by atoms with Crippen molar-refractivity contribution in [2.75, 3.05) is 19.8 Å². The minimum absolute atomic E-state index is 0.0925. The van der Waals surface area contributed by atoms with Gasteiger partial charge in [-0.05, 0) is 26.2 Å². The van der Waals surface area contributed by atoms with Gasteiger partial charge in [-0.2, -0.15) is 0 Å². The van der Waals surface area contributed by atoms with Crippen molar-refractivity contribution < 1.29 is 29.2 Å². The van der Waals surface area contributed by atoms with E-state index in [0.717, 1.165) is 25.9 Å². The molecule has 0 spiro atoms. The summed E-state index contributed by atoms with van der Waals surface area (Å²) in [6.07, 6.45) is 4.43. The van der Waals surface area contributed by atoms with Crippen LogP contribution in [0.15, 0.2) is 12.2 Å². The minimum atomic E-state index is -0.911. The first-order chi connectivity index (χ1) is 10.1. The molecule has 0 radical (unpaired) electrons. The fraction of sp³-hybridized carbons (Fsp3) is 0.800. The SMILES string of the molecule is CCOC(=O)CC(O)CC(O)C=CCOC1CCCCO1. The molecule has 1 aliphatic heterocycles. The summed E-state index contributed by atoms with van der Waals surface area (Å²) >= 11 is 0. The lowest BCUT2D eigenvalue weighted by atomic mass is 10.1. The third kappa shape index (κ3) is 8.83. The molecule has 1 aliphatic rings. The molecule has 0 amide bonds. The first kappa shape index (κ1) is 18.1. The molecule has 0 aliphatic carbocycles. The molecule has 6 heteroatoms. The fourth-order valence-corrected chi connectivity index (χ4v) is 2.07.